The molecule has 0 heterocycles. The van der Waals surface area contributed by atoms with Crippen molar-refractivity contribution in [2.24, 2.45) is 5.73 Å². The Bertz CT molecular complexity index is 363. The Morgan fingerprint density at radius 3 is 2.41 bits per heavy atom. The number of anilines is 1. The van der Waals surface area contributed by atoms with E-state index in [1.165, 1.54) is 12.1 Å². The molecule has 0 aliphatic rings. The van der Waals surface area contributed by atoms with Crippen LogP contribution in [0, 0.1) is 0 Å². The standard InChI is InChI=1S/C12H17F3N2/c1-9(7-8-16)17(2)11-6-4-3-5-10(11)12(13,14)15/h3-6,9H,7-8,16H2,1-2H3. The van der Waals surface area contributed by atoms with Gasteiger partial charge in [-0.15, -0.1) is 0 Å². The fraction of sp³-hybridized carbons (Fsp3) is 0.500. The number of hydrogen-bond acceptors (Lipinski definition) is 2. The Morgan fingerprint density at radius 2 is 1.88 bits per heavy atom. The van der Waals surface area contributed by atoms with Gasteiger partial charge in [-0.05, 0) is 32.0 Å². The highest BCUT2D eigenvalue weighted by atomic mass is 19.4. The molecule has 1 rings (SSSR count). The second-order valence-corrected chi connectivity index (χ2v) is 4.05. The highest BCUT2D eigenvalue weighted by molar-refractivity contribution is 5.55. The molecule has 1 atom stereocenters. The van der Waals surface area contributed by atoms with Crippen LogP contribution in [-0.2, 0) is 6.18 Å². The number of rotatable bonds is 4. The molecule has 0 amide bonds. The first-order valence-corrected chi connectivity index (χ1v) is 5.47. The first kappa shape index (κ1) is 13.8. The summed E-state index contributed by atoms with van der Waals surface area (Å²) in [4.78, 5) is 1.62. The van der Waals surface area contributed by atoms with Gasteiger partial charge in [0.25, 0.3) is 0 Å². The van der Waals surface area contributed by atoms with Crippen molar-refractivity contribution in [2.75, 3.05) is 18.5 Å². The van der Waals surface area contributed by atoms with Crippen molar-refractivity contribution < 1.29 is 13.2 Å². The van der Waals surface area contributed by atoms with E-state index in [2.05, 4.69) is 0 Å². The second-order valence-electron chi connectivity index (χ2n) is 4.05. The number of alkyl halides is 3. The van der Waals surface area contributed by atoms with Gasteiger partial charge in [-0.1, -0.05) is 12.1 Å². The molecule has 5 heteroatoms. The number of halogens is 3. The number of benzene rings is 1. The maximum absolute atomic E-state index is 12.8. The maximum atomic E-state index is 12.8. The Labute approximate surface area is 99.2 Å². The van der Waals surface area contributed by atoms with E-state index in [0.717, 1.165) is 6.07 Å². The third kappa shape index (κ3) is 3.36. The third-order valence-corrected chi connectivity index (χ3v) is 2.84. The minimum absolute atomic E-state index is 0.0245. The van der Waals surface area contributed by atoms with Crippen molar-refractivity contribution in [1.82, 2.24) is 0 Å². The third-order valence-electron chi connectivity index (χ3n) is 2.84. The van der Waals surface area contributed by atoms with Crippen molar-refractivity contribution in [2.45, 2.75) is 25.6 Å². The topological polar surface area (TPSA) is 29.3 Å². The van der Waals surface area contributed by atoms with E-state index < -0.39 is 11.7 Å². The monoisotopic (exact) mass is 246 g/mol. The van der Waals surface area contributed by atoms with Crippen LogP contribution in [0.15, 0.2) is 24.3 Å². The molecular formula is C12H17F3N2. The van der Waals surface area contributed by atoms with Crippen LogP contribution in [0.3, 0.4) is 0 Å². The van der Waals surface area contributed by atoms with E-state index in [9.17, 15) is 13.2 Å². The normalized spacial score (nSPS) is 13.5. The summed E-state index contributed by atoms with van der Waals surface area (Å²) < 4.78 is 38.4. The van der Waals surface area contributed by atoms with Crippen LogP contribution < -0.4 is 10.6 Å². The van der Waals surface area contributed by atoms with E-state index >= 15 is 0 Å². The summed E-state index contributed by atoms with van der Waals surface area (Å²) in [5.74, 6) is 0. The first-order chi connectivity index (χ1) is 7.88. The zero-order chi connectivity index (χ0) is 13.1. The van der Waals surface area contributed by atoms with E-state index in [0.29, 0.717) is 13.0 Å². The second kappa shape index (κ2) is 5.40. The molecule has 0 fully saturated rings. The van der Waals surface area contributed by atoms with Crippen LogP contribution in [0.5, 0.6) is 0 Å². The fourth-order valence-electron chi connectivity index (χ4n) is 1.69. The summed E-state index contributed by atoms with van der Waals surface area (Å²) in [6, 6.07) is 5.56. The zero-order valence-corrected chi connectivity index (χ0v) is 9.96. The van der Waals surface area contributed by atoms with Gasteiger partial charge in [0.1, 0.15) is 0 Å². The summed E-state index contributed by atoms with van der Waals surface area (Å²) >= 11 is 0. The lowest BCUT2D eigenvalue weighted by atomic mass is 10.1. The predicted octanol–water partition coefficient (Wildman–Crippen LogP) is 2.88. The minimum Gasteiger partial charge on any atom is -0.371 e. The molecule has 0 saturated carbocycles. The summed E-state index contributed by atoms with van der Waals surface area (Å²) in [7, 11) is 1.66. The summed E-state index contributed by atoms with van der Waals surface area (Å²) in [5.41, 5.74) is 5.01. The van der Waals surface area contributed by atoms with Gasteiger partial charge in [-0.3, -0.25) is 0 Å². The number of hydrogen-bond donors (Lipinski definition) is 1. The molecule has 2 N–H and O–H groups in total. The highest BCUT2D eigenvalue weighted by Crippen LogP contribution is 2.36. The molecule has 0 saturated heterocycles. The van der Waals surface area contributed by atoms with Crippen LogP contribution in [0.25, 0.3) is 0 Å². The van der Waals surface area contributed by atoms with E-state index in [4.69, 9.17) is 5.73 Å². The SMILES string of the molecule is CC(CCN)N(C)c1ccccc1C(F)(F)F. The van der Waals surface area contributed by atoms with Gasteiger partial charge < -0.3 is 10.6 Å². The minimum atomic E-state index is -4.33. The Balaban J connectivity index is 3.05. The predicted molar refractivity (Wildman–Crippen MR) is 63.0 cm³/mol. The smallest absolute Gasteiger partial charge is 0.371 e. The fourth-order valence-corrected chi connectivity index (χ4v) is 1.69. The Morgan fingerprint density at radius 1 is 1.29 bits per heavy atom. The summed E-state index contributed by atoms with van der Waals surface area (Å²) in [6.45, 7) is 2.32. The van der Waals surface area contributed by atoms with Gasteiger partial charge in [-0.25, -0.2) is 0 Å². The van der Waals surface area contributed by atoms with Crippen LogP contribution in [0.1, 0.15) is 18.9 Å². The molecule has 0 aliphatic heterocycles. The van der Waals surface area contributed by atoms with Gasteiger partial charge in [0.2, 0.25) is 0 Å². The maximum Gasteiger partial charge on any atom is 0.418 e. The molecule has 1 aromatic rings. The number of nitrogens with zero attached hydrogens (tertiary/aromatic N) is 1. The number of nitrogens with two attached hydrogens (primary N) is 1. The molecule has 17 heavy (non-hydrogen) atoms. The average molecular weight is 246 g/mol. The van der Waals surface area contributed by atoms with Crippen molar-refractivity contribution in [3.8, 4) is 0 Å². The van der Waals surface area contributed by atoms with Crippen LogP contribution in [0.2, 0.25) is 0 Å². The molecule has 0 aromatic heterocycles. The zero-order valence-electron chi connectivity index (χ0n) is 9.96. The molecule has 1 aromatic carbocycles. The highest BCUT2D eigenvalue weighted by Gasteiger charge is 2.34. The number of para-hydroxylation sites is 1. The van der Waals surface area contributed by atoms with Crippen LogP contribution in [0.4, 0.5) is 18.9 Å². The van der Waals surface area contributed by atoms with E-state index in [-0.39, 0.29) is 11.7 Å². The van der Waals surface area contributed by atoms with Crippen molar-refractivity contribution >= 4 is 5.69 Å². The molecule has 96 valence electrons. The van der Waals surface area contributed by atoms with Gasteiger partial charge in [0.15, 0.2) is 0 Å². The molecule has 0 aliphatic carbocycles. The van der Waals surface area contributed by atoms with E-state index in [1.807, 2.05) is 6.92 Å². The van der Waals surface area contributed by atoms with Crippen molar-refractivity contribution in [3.63, 3.8) is 0 Å². The Hall–Kier alpha value is -1.23. The van der Waals surface area contributed by atoms with Crippen molar-refractivity contribution in [3.05, 3.63) is 29.8 Å². The summed E-state index contributed by atoms with van der Waals surface area (Å²) in [5, 5.41) is 0. The van der Waals surface area contributed by atoms with Gasteiger partial charge >= 0.3 is 6.18 Å². The Kier molecular flexibility index (Phi) is 4.40. The molecular weight excluding hydrogens is 229 g/mol. The largest absolute Gasteiger partial charge is 0.418 e. The van der Waals surface area contributed by atoms with Crippen molar-refractivity contribution in [1.29, 1.82) is 0 Å². The average Bonchev–Trinajstić information content (AvgIpc) is 2.27. The van der Waals surface area contributed by atoms with Gasteiger partial charge in [0, 0.05) is 18.8 Å². The lowest BCUT2D eigenvalue weighted by Gasteiger charge is -2.29. The molecule has 2 nitrogen and oxygen atoms in total. The van der Waals surface area contributed by atoms with Crippen LogP contribution in [-0.4, -0.2) is 19.6 Å². The quantitative estimate of drug-likeness (QED) is 0.885. The lowest BCUT2D eigenvalue weighted by molar-refractivity contribution is -0.137. The van der Waals surface area contributed by atoms with E-state index in [1.54, 1.807) is 18.0 Å². The first-order valence-electron chi connectivity index (χ1n) is 5.47. The molecule has 0 bridgehead atoms. The molecule has 0 radical (unpaired) electrons. The molecule has 1 unspecified atom stereocenters. The molecule has 0 spiro atoms. The van der Waals surface area contributed by atoms with Crippen LogP contribution >= 0.6 is 0 Å². The lowest BCUT2D eigenvalue weighted by Crippen LogP contribution is -2.32. The van der Waals surface area contributed by atoms with Gasteiger partial charge in [-0.2, -0.15) is 13.2 Å². The summed E-state index contributed by atoms with van der Waals surface area (Å²) in [6.07, 6.45) is -3.67. The van der Waals surface area contributed by atoms with Gasteiger partial charge in [0.05, 0.1) is 5.56 Å².